The lowest BCUT2D eigenvalue weighted by atomic mass is 10.1. The lowest BCUT2D eigenvalue weighted by molar-refractivity contribution is 0.455. The van der Waals surface area contributed by atoms with E-state index in [0.29, 0.717) is 0 Å². The SMILES string of the molecule is [CH2+]C(C)(C)NCCCCCCC. The maximum absolute atomic E-state index is 3.99. The zero-order chi connectivity index (χ0) is 9.45. The van der Waals surface area contributed by atoms with Crippen LogP contribution in [0.4, 0.5) is 0 Å². The zero-order valence-electron chi connectivity index (χ0n) is 8.95. The highest BCUT2D eigenvalue weighted by Crippen LogP contribution is 2.03. The third-order valence-corrected chi connectivity index (χ3v) is 1.88. The van der Waals surface area contributed by atoms with Crippen LogP contribution in [-0.2, 0) is 0 Å². The monoisotopic (exact) mass is 170 g/mol. The summed E-state index contributed by atoms with van der Waals surface area (Å²) in [4.78, 5) is 0. The van der Waals surface area contributed by atoms with Crippen molar-refractivity contribution in [1.29, 1.82) is 0 Å². The van der Waals surface area contributed by atoms with E-state index in [4.69, 9.17) is 0 Å². The van der Waals surface area contributed by atoms with Crippen LogP contribution in [0, 0.1) is 6.92 Å². The van der Waals surface area contributed by atoms with Gasteiger partial charge in [-0.1, -0.05) is 32.6 Å². The molecule has 1 heteroatoms. The van der Waals surface area contributed by atoms with Crippen molar-refractivity contribution in [3.8, 4) is 0 Å². The number of nitrogens with one attached hydrogen (secondary N) is 1. The van der Waals surface area contributed by atoms with Gasteiger partial charge in [0.15, 0.2) is 5.54 Å². The fraction of sp³-hybridized carbons (Fsp3) is 0.909. The van der Waals surface area contributed by atoms with Gasteiger partial charge in [-0.05, 0) is 26.8 Å². The van der Waals surface area contributed by atoms with Crippen molar-refractivity contribution in [2.75, 3.05) is 6.54 Å². The third-order valence-electron chi connectivity index (χ3n) is 1.88. The molecule has 0 amide bonds. The molecule has 0 aliphatic heterocycles. The third kappa shape index (κ3) is 9.83. The summed E-state index contributed by atoms with van der Waals surface area (Å²) in [7, 11) is 0. The van der Waals surface area contributed by atoms with Gasteiger partial charge in [-0.25, -0.2) is 0 Å². The minimum atomic E-state index is 0.0464. The van der Waals surface area contributed by atoms with E-state index in [9.17, 15) is 0 Å². The van der Waals surface area contributed by atoms with E-state index in [1.165, 1.54) is 32.1 Å². The molecule has 72 valence electrons. The average molecular weight is 170 g/mol. The summed E-state index contributed by atoms with van der Waals surface area (Å²) in [6, 6.07) is 0. The summed E-state index contributed by atoms with van der Waals surface area (Å²) >= 11 is 0. The first-order valence-corrected chi connectivity index (χ1v) is 5.16. The standard InChI is InChI=1S/C11H24N/c1-5-6-7-8-9-10-12-11(2,3)4/h12H,2,5-10H2,1,3-4H3/q+1. The molecule has 12 heavy (non-hydrogen) atoms. The van der Waals surface area contributed by atoms with Crippen molar-refractivity contribution in [2.45, 2.75) is 58.4 Å². The van der Waals surface area contributed by atoms with Crippen LogP contribution in [0.1, 0.15) is 52.9 Å². The van der Waals surface area contributed by atoms with E-state index in [0.717, 1.165) is 6.54 Å². The summed E-state index contributed by atoms with van der Waals surface area (Å²) in [6.45, 7) is 11.6. The van der Waals surface area contributed by atoms with Crippen LogP contribution >= 0.6 is 0 Å². The Hall–Kier alpha value is -0.170. The van der Waals surface area contributed by atoms with Crippen LogP contribution < -0.4 is 5.32 Å². The Bertz CT molecular complexity index is 91.7. The molecular weight excluding hydrogens is 146 g/mol. The topological polar surface area (TPSA) is 12.0 Å². The van der Waals surface area contributed by atoms with Crippen molar-refractivity contribution < 1.29 is 0 Å². The maximum Gasteiger partial charge on any atom is 0.150 e. The lowest BCUT2D eigenvalue weighted by Gasteiger charge is -2.13. The van der Waals surface area contributed by atoms with Gasteiger partial charge in [0.05, 0.1) is 6.92 Å². The summed E-state index contributed by atoms with van der Waals surface area (Å²) in [5.41, 5.74) is 0.0464. The Morgan fingerprint density at radius 1 is 1.08 bits per heavy atom. The van der Waals surface area contributed by atoms with Gasteiger partial charge in [-0.15, -0.1) is 0 Å². The van der Waals surface area contributed by atoms with Gasteiger partial charge in [0.2, 0.25) is 0 Å². The Labute approximate surface area is 77.9 Å². The molecule has 0 radical (unpaired) electrons. The van der Waals surface area contributed by atoms with Crippen molar-refractivity contribution in [3.05, 3.63) is 6.92 Å². The number of unbranched alkanes of at least 4 members (excludes halogenated alkanes) is 4. The van der Waals surface area contributed by atoms with E-state index >= 15 is 0 Å². The summed E-state index contributed by atoms with van der Waals surface area (Å²) in [6.07, 6.45) is 6.74. The first kappa shape index (κ1) is 11.8. The zero-order valence-corrected chi connectivity index (χ0v) is 8.95. The molecule has 0 atom stereocenters. The first-order chi connectivity index (χ1) is 5.56. The fourth-order valence-electron chi connectivity index (χ4n) is 1.16. The van der Waals surface area contributed by atoms with E-state index in [1.807, 2.05) is 0 Å². The van der Waals surface area contributed by atoms with Gasteiger partial charge in [0, 0.05) is 0 Å². The Morgan fingerprint density at radius 2 is 1.67 bits per heavy atom. The highest BCUT2D eigenvalue weighted by molar-refractivity contribution is 4.79. The average Bonchev–Trinajstić information content (AvgIpc) is 1.94. The fourth-order valence-corrected chi connectivity index (χ4v) is 1.16. The molecule has 0 aromatic rings. The molecule has 0 spiro atoms. The Balaban J connectivity index is 3.01. The second-order valence-corrected chi connectivity index (χ2v) is 4.22. The summed E-state index contributed by atoms with van der Waals surface area (Å²) < 4.78 is 0. The highest BCUT2D eigenvalue weighted by Gasteiger charge is 2.15. The predicted octanol–water partition coefficient (Wildman–Crippen LogP) is 3.16. The van der Waals surface area contributed by atoms with Crippen LogP contribution in [0.25, 0.3) is 0 Å². The van der Waals surface area contributed by atoms with Crippen LogP contribution in [0.2, 0.25) is 0 Å². The quantitative estimate of drug-likeness (QED) is 0.457. The molecule has 0 bridgehead atoms. The second kappa shape index (κ2) is 6.36. The minimum Gasteiger partial charge on any atom is -0.275 e. The molecule has 1 N–H and O–H groups in total. The van der Waals surface area contributed by atoms with Crippen molar-refractivity contribution in [1.82, 2.24) is 5.32 Å². The molecule has 0 saturated heterocycles. The number of hydrogen-bond donors (Lipinski definition) is 1. The molecule has 0 aliphatic carbocycles. The van der Waals surface area contributed by atoms with Gasteiger partial charge < -0.3 is 0 Å². The molecule has 1 nitrogen and oxygen atoms in total. The van der Waals surface area contributed by atoms with Gasteiger partial charge in [-0.2, -0.15) is 0 Å². The smallest absolute Gasteiger partial charge is 0.150 e. The van der Waals surface area contributed by atoms with E-state index in [2.05, 4.69) is 33.0 Å². The first-order valence-electron chi connectivity index (χ1n) is 5.16. The molecule has 0 saturated carbocycles. The minimum absolute atomic E-state index is 0.0464. The lowest BCUT2D eigenvalue weighted by Crippen LogP contribution is -2.36. The highest BCUT2D eigenvalue weighted by atomic mass is 14.9. The van der Waals surface area contributed by atoms with Gasteiger partial charge in [0.1, 0.15) is 0 Å². The van der Waals surface area contributed by atoms with Gasteiger partial charge in [0.25, 0.3) is 0 Å². The van der Waals surface area contributed by atoms with E-state index in [1.54, 1.807) is 0 Å². The summed E-state index contributed by atoms with van der Waals surface area (Å²) in [5.74, 6) is 0. The van der Waals surface area contributed by atoms with Gasteiger partial charge in [-0.3, -0.25) is 5.32 Å². The largest absolute Gasteiger partial charge is 0.275 e. The van der Waals surface area contributed by atoms with Crippen LogP contribution in [0.5, 0.6) is 0 Å². The Morgan fingerprint density at radius 3 is 2.17 bits per heavy atom. The number of rotatable bonds is 7. The Kier molecular flexibility index (Phi) is 6.27. The molecule has 0 fully saturated rings. The van der Waals surface area contributed by atoms with Crippen LogP contribution in [0.15, 0.2) is 0 Å². The molecular formula is C11H24N+. The van der Waals surface area contributed by atoms with Gasteiger partial charge >= 0.3 is 0 Å². The maximum atomic E-state index is 3.99. The summed E-state index contributed by atoms with van der Waals surface area (Å²) in [5, 5.41) is 3.39. The van der Waals surface area contributed by atoms with Crippen molar-refractivity contribution in [3.63, 3.8) is 0 Å². The van der Waals surface area contributed by atoms with E-state index < -0.39 is 0 Å². The van der Waals surface area contributed by atoms with Crippen LogP contribution in [-0.4, -0.2) is 12.1 Å². The van der Waals surface area contributed by atoms with Crippen LogP contribution in [0.3, 0.4) is 0 Å². The molecule has 0 aromatic heterocycles. The molecule has 0 rings (SSSR count). The molecule has 0 aromatic carbocycles. The van der Waals surface area contributed by atoms with Crippen molar-refractivity contribution >= 4 is 0 Å². The number of hydrogen-bond acceptors (Lipinski definition) is 1. The van der Waals surface area contributed by atoms with E-state index in [-0.39, 0.29) is 5.54 Å². The molecule has 0 heterocycles. The normalized spacial score (nSPS) is 11.9. The predicted molar refractivity (Wildman–Crippen MR) is 56.2 cm³/mol. The molecule has 0 unspecified atom stereocenters. The second-order valence-electron chi connectivity index (χ2n) is 4.22. The molecule has 0 aliphatic rings. The van der Waals surface area contributed by atoms with Crippen molar-refractivity contribution in [2.24, 2.45) is 0 Å².